The second-order valence-corrected chi connectivity index (χ2v) is 5.19. The first-order valence-corrected chi connectivity index (χ1v) is 6.49. The highest BCUT2D eigenvalue weighted by molar-refractivity contribution is 7.12. The number of thiophene rings is 1. The van der Waals surface area contributed by atoms with E-state index in [1.54, 1.807) is 25.5 Å². The van der Waals surface area contributed by atoms with Crippen molar-refractivity contribution < 1.29 is 14.6 Å². The van der Waals surface area contributed by atoms with Gasteiger partial charge >= 0.3 is 0 Å². The van der Waals surface area contributed by atoms with E-state index in [2.05, 4.69) is 5.32 Å². The molecule has 0 aliphatic rings. The molecule has 0 aromatic carbocycles. The molecule has 0 radical (unpaired) electrons. The Morgan fingerprint density at radius 1 is 1.65 bits per heavy atom. The van der Waals surface area contributed by atoms with Crippen molar-refractivity contribution >= 4 is 17.2 Å². The van der Waals surface area contributed by atoms with E-state index in [1.807, 2.05) is 6.92 Å². The van der Waals surface area contributed by atoms with E-state index in [4.69, 9.17) is 4.74 Å². The Labute approximate surface area is 106 Å². The normalized spacial score (nSPS) is 14.1. The van der Waals surface area contributed by atoms with Crippen LogP contribution in [0.25, 0.3) is 0 Å². The van der Waals surface area contributed by atoms with Crippen LogP contribution in [0.3, 0.4) is 0 Å². The minimum atomic E-state index is -0.842. The third-order valence-electron chi connectivity index (χ3n) is 2.45. The highest BCUT2D eigenvalue weighted by Crippen LogP contribution is 2.21. The summed E-state index contributed by atoms with van der Waals surface area (Å²) in [7, 11) is 1.57. The quantitative estimate of drug-likeness (QED) is 0.820. The van der Waals surface area contributed by atoms with Crippen molar-refractivity contribution in [3.8, 4) is 5.75 Å². The molecule has 1 unspecified atom stereocenters. The van der Waals surface area contributed by atoms with Crippen LogP contribution in [-0.4, -0.2) is 30.3 Å². The van der Waals surface area contributed by atoms with Crippen molar-refractivity contribution in [1.82, 2.24) is 5.32 Å². The third-order valence-corrected chi connectivity index (χ3v) is 3.36. The monoisotopic (exact) mass is 257 g/mol. The van der Waals surface area contributed by atoms with Crippen LogP contribution in [-0.2, 0) is 0 Å². The van der Waals surface area contributed by atoms with Crippen molar-refractivity contribution in [2.45, 2.75) is 32.3 Å². The van der Waals surface area contributed by atoms with Crippen LogP contribution in [0.15, 0.2) is 11.4 Å². The molecule has 4 nitrogen and oxygen atoms in total. The van der Waals surface area contributed by atoms with Crippen molar-refractivity contribution in [3.05, 3.63) is 16.3 Å². The summed E-state index contributed by atoms with van der Waals surface area (Å²) in [6, 6.07) is 1.69. The molecule has 5 heteroatoms. The van der Waals surface area contributed by atoms with Crippen LogP contribution in [0.4, 0.5) is 0 Å². The SMILES string of the molecule is CCCC(C)(O)CNC(=O)c1cc(OC)cs1. The van der Waals surface area contributed by atoms with E-state index in [-0.39, 0.29) is 12.5 Å². The van der Waals surface area contributed by atoms with E-state index >= 15 is 0 Å². The fourth-order valence-electron chi connectivity index (χ4n) is 1.53. The van der Waals surface area contributed by atoms with Crippen molar-refractivity contribution in [2.75, 3.05) is 13.7 Å². The van der Waals surface area contributed by atoms with Gasteiger partial charge < -0.3 is 15.2 Å². The Morgan fingerprint density at radius 2 is 2.35 bits per heavy atom. The smallest absolute Gasteiger partial charge is 0.261 e. The number of hydrogen-bond donors (Lipinski definition) is 2. The zero-order valence-electron chi connectivity index (χ0n) is 10.4. The maximum atomic E-state index is 11.8. The lowest BCUT2D eigenvalue weighted by molar-refractivity contribution is 0.0470. The van der Waals surface area contributed by atoms with Crippen LogP contribution >= 0.6 is 11.3 Å². The number of hydrogen-bond acceptors (Lipinski definition) is 4. The second-order valence-electron chi connectivity index (χ2n) is 4.28. The maximum absolute atomic E-state index is 11.8. The predicted molar refractivity (Wildman–Crippen MR) is 68.7 cm³/mol. The summed E-state index contributed by atoms with van der Waals surface area (Å²) in [4.78, 5) is 12.3. The van der Waals surface area contributed by atoms with Crippen LogP contribution in [0, 0.1) is 0 Å². The molecule has 1 aromatic heterocycles. The van der Waals surface area contributed by atoms with E-state index in [9.17, 15) is 9.90 Å². The Balaban J connectivity index is 2.49. The first kappa shape index (κ1) is 14.0. The van der Waals surface area contributed by atoms with Gasteiger partial charge in [0.2, 0.25) is 0 Å². The molecule has 96 valence electrons. The van der Waals surface area contributed by atoms with Gasteiger partial charge in [-0.3, -0.25) is 4.79 Å². The summed E-state index contributed by atoms with van der Waals surface area (Å²) in [5.41, 5.74) is -0.842. The highest BCUT2D eigenvalue weighted by atomic mass is 32.1. The Bertz CT molecular complexity index is 374. The lowest BCUT2D eigenvalue weighted by Gasteiger charge is -2.22. The van der Waals surface area contributed by atoms with Crippen LogP contribution in [0.5, 0.6) is 5.75 Å². The van der Waals surface area contributed by atoms with Crippen molar-refractivity contribution in [1.29, 1.82) is 0 Å². The average molecular weight is 257 g/mol. The van der Waals surface area contributed by atoms with E-state index in [0.29, 0.717) is 17.0 Å². The van der Waals surface area contributed by atoms with Gasteiger partial charge in [-0.1, -0.05) is 13.3 Å². The predicted octanol–water partition coefficient (Wildman–Crippen LogP) is 2.04. The van der Waals surface area contributed by atoms with Crippen LogP contribution < -0.4 is 10.1 Å². The second kappa shape index (κ2) is 6.02. The summed E-state index contributed by atoms with van der Waals surface area (Å²) in [6.07, 6.45) is 1.55. The molecular weight excluding hydrogens is 238 g/mol. The number of aliphatic hydroxyl groups is 1. The summed E-state index contributed by atoms with van der Waals surface area (Å²) < 4.78 is 5.01. The average Bonchev–Trinajstić information content (AvgIpc) is 2.74. The molecule has 1 aromatic rings. The van der Waals surface area contributed by atoms with Crippen molar-refractivity contribution in [2.24, 2.45) is 0 Å². The fourth-order valence-corrected chi connectivity index (χ4v) is 2.30. The Morgan fingerprint density at radius 3 is 2.88 bits per heavy atom. The number of rotatable bonds is 6. The highest BCUT2D eigenvalue weighted by Gasteiger charge is 2.20. The minimum absolute atomic E-state index is 0.172. The third kappa shape index (κ3) is 4.36. The molecule has 0 aliphatic heterocycles. The zero-order chi connectivity index (χ0) is 12.9. The molecule has 2 N–H and O–H groups in total. The molecular formula is C12H19NO3S. The maximum Gasteiger partial charge on any atom is 0.261 e. The zero-order valence-corrected chi connectivity index (χ0v) is 11.3. The standard InChI is InChI=1S/C12H19NO3S/c1-4-5-12(2,15)8-13-11(14)10-6-9(16-3)7-17-10/h6-7,15H,4-5,8H2,1-3H3,(H,13,14). The first-order chi connectivity index (χ1) is 7.98. The van der Waals surface area contributed by atoms with E-state index in [1.165, 1.54) is 11.3 Å². The molecule has 0 bridgehead atoms. The van der Waals surface area contributed by atoms with E-state index in [0.717, 1.165) is 6.42 Å². The largest absolute Gasteiger partial charge is 0.496 e. The van der Waals surface area contributed by atoms with Gasteiger partial charge in [-0.05, 0) is 13.3 Å². The molecule has 1 atom stereocenters. The van der Waals surface area contributed by atoms with Gasteiger partial charge in [0.1, 0.15) is 5.75 Å². The number of carbonyl (C=O) groups excluding carboxylic acids is 1. The number of nitrogens with one attached hydrogen (secondary N) is 1. The molecule has 17 heavy (non-hydrogen) atoms. The fraction of sp³-hybridized carbons (Fsp3) is 0.583. The summed E-state index contributed by atoms with van der Waals surface area (Å²) in [5, 5.41) is 14.4. The lowest BCUT2D eigenvalue weighted by atomic mass is 10.0. The number of methoxy groups -OCH3 is 1. The molecule has 0 spiro atoms. The van der Waals surface area contributed by atoms with Gasteiger partial charge in [0.15, 0.2) is 0 Å². The Kier molecular flexibility index (Phi) is 4.96. The minimum Gasteiger partial charge on any atom is -0.496 e. The number of amides is 1. The topological polar surface area (TPSA) is 58.6 Å². The molecule has 1 rings (SSSR count). The van der Waals surface area contributed by atoms with Gasteiger partial charge in [0.05, 0.1) is 17.6 Å². The molecule has 1 heterocycles. The van der Waals surface area contributed by atoms with Gasteiger partial charge in [-0.2, -0.15) is 0 Å². The molecule has 0 fully saturated rings. The summed E-state index contributed by atoms with van der Waals surface area (Å²) >= 11 is 1.33. The number of ether oxygens (including phenoxy) is 1. The van der Waals surface area contributed by atoms with Crippen LogP contribution in [0.2, 0.25) is 0 Å². The number of carbonyl (C=O) groups is 1. The molecule has 0 saturated carbocycles. The summed E-state index contributed by atoms with van der Waals surface area (Å²) in [6.45, 7) is 3.99. The summed E-state index contributed by atoms with van der Waals surface area (Å²) in [5.74, 6) is 0.509. The van der Waals surface area contributed by atoms with Gasteiger partial charge in [-0.25, -0.2) is 0 Å². The van der Waals surface area contributed by atoms with Crippen molar-refractivity contribution in [3.63, 3.8) is 0 Å². The molecule has 0 saturated heterocycles. The molecule has 1 amide bonds. The first-order valence-electron chi connectivity index (χ1n) is 5.61. The van der Waals surface area contributed by atoms with Gasteiger partial charge in [-0.15, -0.1) is 11.3 Å². The lowest BCUT2D eigenvalue weighted by Crippen LogP contribution is -2.40. The van der Waals surface area contributed by atoms with Crippen LogP contribution in [0.1, 0.15) is 36.4 Å². The van der Waals surface area contributed by atoms with Gasteiger partial charge in [0, 0.05) is 18.0 Å². The Hall–Kier alpha value is -1.07. The molecule has 0 aliphatic carbocycles. The van der Waals surface area contributed by atoms with E-state index < -0.39 is 5.60 Å². The van der Waals surface area contributed by atoms with Gasteiger partial charge in [0.25, 0.3) is 5.91 Å².